The predicted molar refractivity (Wildman–Crippen MR) is 75.8 cm³/mol. The quantitative estimate of drug-likeness (QED) is 0.892. The standard InChI is InChI=1S/C15H22N4O/c16-13-6-9-19(17-13)10-4-7-18(8-5-10)15(20)14-11-2-1-3-12(11)14/h6,9-12,14H,1-5,7-8H2,(H2,16,17). The molecule has 0 aromatic carbocycles. The molecule has 5 nitrogen and oxygen atoms in total. The third kappa shape index (κ3) is 1.91. The van der Waals surface area contributed by atoms with Gasteiger partial charge in [-0.3, -0.25) is 9.48 Å². The molecule has 1 amide bonds. The summed E-state index contributed by atoms with van der Waals surface area (Å²) in [7, 11) is 0. The van der Waals surface area contributed by atoms with Crippen molar-refractivity contribution in [3.05, 3.63) is 12.3 Å². The Labute approximate surface area is 119 Å². The van der Waals surface area contributed by atoms with Crippen LogP contribution < -0.4 is 5.73 Å². The number of hydrogen-bond donors (Lipinski definition) is 1. The van der Waals surface area contributed by atoms with Crippen LogP contribution in [-0.2, 0) is 4.79 Å². The summed E-state index contributed by atoms with van der Waals surface area (Å²) in [4.78, 5) is 14.6. The van der Waals surface area contributed by atoms with Gasteiger partial charge in [-0.15, -0.1) is 0 Å². The van der Waals surface area contributed by atoms with E-state index in [1.807, 2.05) is 16.9 Å². The van der Waals surface area contributed by atoms with Crippen molar-refractivity contribution in [3.8, 4) is 0 Å². The van der Waals surface area contributed by atoms with Gasteiger partial charge in [0.15, 0.2) is 0 Å². The number of rotatable bonds is 2. The molecule has 4 rings (SSSR count). The van der Waals surface area contributed by atoms with E-state index in [1.54, 1.807) is 0 Å². The van der Waals surface area contributed by atoms with Gasteiger partial charge < -0.3 is 10.6 Å². The predicted octanol–water partition coefficient (Wildman–Crippen LogP) is 1.67. The van der Waals surface area contributed by atoms with Crippen molar-refractivity contribution < 1.29 is 4.79 Å². The van der Waals surface area contributed by atoms with Crippen molar-refractivity contribution in [2.45, 2.75) is 38.1 Å². The van der Waals surface area contributed by atoms with Crippen molar-refractivity contribution in [2.75, 3.05) is 18.8 Å². The molecular weight excluding hydrogens is 252 g/mol. The molecule has 1 saturated heterocycles. The van der Waals surface area contributed by atoms with Crippen LogP contribution in [0.25, 0.3) is 0 Å². The minimum atomic E-state index is 0.376. The Kier molecular flexibility index (Phi) is 2.75. The number of anilines is 1. The van der Waals surface area contributed by atoms with E-state index in [4.69, 9.17) is 5.73 Å². The Morgan fingerprint density at radius 3 is 2.50 bits per heavy atom. The number of nitrogens with two attached hydrogens (primary N) is 1. The van der Waals surface area contributed by atoms with Gasteiger partial charge in [0.25, 0.3) is 0 Å². The summed E-state index contributed by atoms with van der Waals surface area (Å²) >= 11 is 0. The van der Waals surface area contributed by atoms with Crippen LogP contribution in [-0.4, -0.2) is 33.7 Å². The van der Waals surface area contributed by atoms with E-state index in [9.17, 15) is 4.79 Å². The maximum atomic E-state index is 12.5. The van der Waals surface area contributed by atoms with Gasteiger partial charge in [-0.2, -0.15) is 5.10 Å². The van der Waals surface area contributed by atoms with Gasteiger partial charge in [-0.05, 0) is 43.6 Å². The average Bonchev–Trinajstić information content (AvgIpc) is 2.84. The molecule has 0 radical (unpaired) electrons. The zero-order valence-electron chi connectivity index (χ0n) is 11.7. The molecule has 2 saturated carbocycles. The van der Waals surface area contributed by atoms with Crippen LogP contribution in [0.2, 0.25) is 0 Å². The molecule has 2 heterocycles. The number of hydrogen-bond acceptors (Lipinski definition) is 3. The van der Waals surface area contributed by atoms with Crippen LogP contribution in [0.5, 0.6) is 0 Å². The molecule has 1 aromatic rings. The summed E-state index contributed by atoms with van der Waals surface area (Å²) in [5.41, 5.74) is 5.66. The molecule has 1 aromatic heterocycles. The molecule has 2 atom stereocenters. The molecule has 2 aliphatic carbocycles. The third-order valence-electron chi connectivity index (χ3n) is 5.47. The number of carbonyl (C=O) groups is 1. The van der Waals surface area contributed by atoms with Crippen LogP contribution in [0.3, 0.4) is 0 Å². The summed E-state index contributed by atoms with van der Waals surface area (Å²) in [6, 6.07) is 2.23. The summed E-state index contributed by atoms with van der Waals surface area (Å²) in [6.45, 7) is 1.75. The van der Waals surface area contributed by atoms with E-state index in [0.717, 1.165) is 37.8 Å². The first-order valence-electron chi connectivity index (χ1n) is 7.83. The number of amides is 1. The first kappa shape index (κ1) is 12.2. The van der Waals surface area contributed by atoms with Gasteiger partial charge in [0, 0.05) is 25.2 Å². The normalized spacial score (nSPS) is 33.2. The molecule has 5 heteroatoms. The largest absolute Gasteiger partial charge is 0.382 e. The van der Waals surface area contributed by atoms with E-state index in [1.165, 1.54) is 19.3 Å². The maximum absolute atomic E-state index is 12.5. The molecule has 3 fully saturated rings. The van der Waals surface area contributed by atoms with E-state index in [0.29, 0.717) is 23.7 Å². The summed E-state index contributed by atoms with van der Waals surface area (Å²) in [6.07, 6.45) is 7.84. The lowest BCUT2D eigenvalue weighted by molar-refractivity contribution is -0.134. The van der Waals surface area contributed by atoms with Crippen molar-refractivity contribution in [2.24, 2.45) is 17.8 Å². The number of likely N-dealkylation sites (tertiary alicyclic amines) is 1. The fourth-order valence-electron chi connectivity index (χ4n) is 4.31. The lowest BCUT2D eigenvalue weighted by Gasteiger charge is -2.32. The molecule has 20 heavy (non-hydrogen) atoms. The van der Waals surface area contributed by atoms with Crippen molar-refractivity contribution >= 4 is 11.7 Å². The minimum Gasteiger partial charge on any atom is -0.382 e. The second-order valence-corrected chi connectivity index (χ2v) is 6.56. The van der Waals surface area contributed by atoms with Crippen molar-refractivity contribution in [1.82, 2.24) is 14.7 Å². The third-order valence-corrected chi connectivity index (χ3v) is 5.47. The van der Waals surface area contributed by atoms with Gasteiger partial charge in [0.05, 0.1) is 6.04 Å². The molecule has 0 spiro atoms. The van der Waals surface area contributed by atoms with Gasteiger partial charge in [0.1, 0.15) is 5.82 Å². The van der Waals surface area contributed by atoms with Gasteiger partial charge in [-0.25, -0.2) is 0 Å². The molecule has 3 aliphatic rings. The van der Waals surface area contributed by atoms with Crippen molar-refractivity contribution in [1.29, 1.82) is 0 Å². The second kappa shape index (κ2) is 4.50. The molecule has 1 aliphatic heterocycles. The van der Waals surface area contributed by atoms with Crippen LogP contribution in [0, 0.1) is 17.8 Å². The van der Waals surface area contributed by atoms with Crippen LogP contribution in [0.15, 0.2) is 12.3 Å². The fourth-order valence-corrected chi connectivity index (χ4v) is 4.31. The average molecular weight is 274 g/mol. The zero-order chi connectivity index (χ0) is 13.7. The molecule has 2 unspecified atom stereocenters. The van der Waals surface area contributed by atoms with Gasteiger partial charge in [0.2, 0.25) is 5.91 Å². The first-order chi connectivity index (χ1) is 9.74. The molecular formula is C15H22N4O. The van der Waals surface area contributed by atoms with Crippen molar-refractivity contribution in [3.63, 3.8) is 0 Å². The Bertz CT molecular complexity index is 508. The lowest BCUT2D eigenvalue weighted by atomic mass is 10.0. The van der Waals surface area contributed by atoms with Gasteiger partial charge in [-0.1, -0.05) is 6.42 Å². The number of nitrogens with zero attached hydrogens (tertiary/aromatic N) is 3. The van der Waals surface area contributed by atoms with E-state index in [-0.39, 0.29) is 0 Å². The Hall–Kier alpha value is -1.52. The van der Waals surface area contributed by atoms with E-state index in [2.05, 4.69) is 10.00 Å². The number of aromatic nitrogens is 2. The number of piperidine rings is 1. The second-order valence-electron chi connectivity index (χ2n) is 6.56. The summed E-state index contributed by atoms with van der Waals surface area (Å²) < 4.78 is 1.96. The highest BCUT2D eigenvalue weighted by Crippen LogP contribution is 2.58. The Morgan fingerprint density at radius 1 is 1.20 bits per heavy atom. The van der Waals surface area contributed by atoms with E-state index >= 15 is 0 Å². The minimum absolute atomic E-state index is 0.376. The zero-order valence-corrected chi connectivity index (χ0v) is 11.7. The highest BCUT2D eigenvalue weighted by atomic mass is 16.2. The summed E-state index contributed by atoms with van der Waals surface area (Å²) in [5, 5.41) is 4.29. The molecule has 108 valence electrons. The highest BCUT2D eigenvalue weighted by molar-refractivity contribution is 5.82. The number of fused-ring (bicyclic) bond motifs is 1. The summed E-state index contributed by atoms with van der Waals surface area (Å²) in [5.74, 6) is 2.84. The van der Waals surface area contributed by atoms with E-state index < -0.39 is 0 Å². The van der Waals surface area contributed by atoms with Crippen LogP contribution in [0.4, 0.5) is 5.82 Å². The molecule has 0 bridgehead atoms. The monoisotopic (exact) mass is 274 g/mol. The smallest absolute Gasteiger partial charge is 0.226 e. The number of nitrogen functional groups attached to an aromatic ring is 1. The Morgan fingerprint density at radius 2 is 1.90 bits per heavy atom. The van der Waals surface area contributed by atoms with Crippen LogP contribution >= 0.6 is 0 Å². The number of carbonyl (C=O) groups excluding carboxylic acids is 1. The van der Waals surface area contributed by atoms with Gasteiger partial charge >= 0.3 is 0 Å². The Balaban J connectivity index is 1.34. The fraction of sp³-hybridized carbons (Fsp3) is 0.733. The lowest BCUT2D eigenvalue weighted by Crippen LogP contribution is -2.40. The maximum Gasteiger partial charge on any atom is 0.226 e. The SMILES string of the molecule is Nc1ccn(C2CCN(C(=O)C3C4CCCC43)CC2)n1. The molecule has 2 N–H and O–H groups in total. The van der Waals surface area contributed by atoms with Crippen LogP contribution in [0.1, 0.15) is 38.1 Å². The topological polar surface area (TPSA) is 64.2 Å². The first-order valence-corrected chi connectivity index (χ1v) is 7.83. The highest BCUT2D eigenvalue weighted by Gasteiger charge is 2.57.